The number of nitrogens with one attached hydrogen (secondary N) is 3. The average molecular weight is 369 g/mol. The van der Waals surface area contributed by atoms with Crippen LogP contribution in [0, 0.1) is 0 Å². The summed E-state index contributed by atoms with van der Waals surface area (Å²) < 4.78 is 32.6. The molecule has 0 atom stereocenters. The van der Waals surface area contributed by atoms with Crippen LogP contribution in [0.25, 0.3) is 0 Å². The highest BCUT2D eigenvalue weighted by atomic mass is 32.2. The predicted octanol–water partition coefficient (Wildman–Crippen LogP) is 0.873. The molecular weight excluding hydrogens is 342 g/mol. The Labute approximate surface area is 149 Å². The molecule has 0 unspecified atom stereocenters. The van der Waals surface area contributed by atoms with Crippen LogP contribution in [0.15, 0.2) is 29.2 Å². The number of hydrogen-bond acceptors (Lipinski definition) is 5. The smallest absolute Gasteiger partial charge is 0.251 e. The highest BCUT2D eigenvalue weighted by molar-refractivity contribution is 7.89. The maximum absolute atomic E-state index is 12.5. The van der Waals surface area contributed by atoms with E-state index in [9.17, 15) is 13.2 Å². The Morgan fingerprint density at radius 2 is 1.96 bits per heavy atom. The fraction of sp³-hybridized carbons (Fsp3) is 0.588. The third-order valence-corrected chi connectivity index (χ3v) is 5.67. The predicted molar refractivity (Wildman–Crippen MR) is 96.1 cm³/mol. The van der Waals surface area contributed by atoms with E-state index in [0.29, 0.717) is 31.8 Å². The van der Waals surface area contributed by atoms with Gasteiger partial charge >= 0.3 is 0 Å². The van der Waals surface area contributed by atoms with Gasteiger partial charge in [-0.3, -0.25) is 4.79 Å². The van der Waals surface area contributed by atoms with E-state index in [4.69, 9.17) is 4.74 Å². The lowest BCUT2D eigenvalue weighted by molar-refractivity contribution is 0.0953. The molecule has 1 aromatic rings. The van der Waals surface area contributed by atoms with Crippen LogP contribution in [-0.4, -0.2) is 53.7 Å². The summed E-state index contributed by atoms with van der Waals surface area (Å²) in [5.41, 5.74) is 0.339. The van der Waals surface area contributed by atoms with Crippen molar-refractivity contribution in [1.29, 1.82) is 0 Å². The molecule has 0 heterocycles. The Hall–Kier alpha value is -1.48. The van der Waals surface area contributed by atoms with Crippen LogP contribution in [0.3, 0.4) is 0 Å². The highest BCUT2D eigenvalue weighted by Crippen LogP contribution is 2.20. The molecule has 0 bridgehead atoms. The Morgan fingerprint density at radius 3 is 2.68 bits per heavy atom. The van der Waals surface area contributed by atoms with Gasteiger partial charge < -0.3 is 15.4 Å². The second kappa shape index (κ2) is 9.86. The SMILES string of the molecule is COCCNCCNC(=O)c1cccc(S(=O)(=O)NC2CCCC2)c1. The van der Waals surface area contributed by atoms with Gasteiger partial charge in [-0.05, 0) is 31.0 Å². The van der Waals surface area contributed by atoms with Crippen molar-refractivity contribution in [3.05, 3.63) is 29.8 Å². The first kappa shape index (κ1) is 19.8. The van der Waals surface area contributed by atoms with Crippen molar-refractivity contribution < 1.29 is 17.9 Å². The monoisotopic (exact) mass is 369 g/mol. The third-order valence-electron chi connectivity index (χ3n) is 4.15. The molecular formula is C17H27N3O4S. The molecule has 0 aliphatic heterocycles. The Bertz CT molecular complexity index is 658. The lowest BCUT2D eigenvalue weighted by atomic mass is 10.2. The third kappa shape index (κ3) is 6.39. The molecule has 0 spiro atoms. The first-order valence-corrected chi connectivity index (χ1v) is 10.1. The lowest BCUT2D eigenvalue weighted by Gasteiger charge is -2.13. The minimum Gasteiger partial charge on any atom is -0.383 e. The Morgan fingerprint density at radius 1 is 1.20 bits per heavy atom. The van der Waals surface area contributed by atoms with E-state index in [0.717, 1.165) is 25.7 Å². The first-order chi connectivity index (χ1) is 12.0. The summed E-state index contributed by atoms with van der Waals surface area (Å²) in [4.78, 5) is 12.3. The van der Waals surface area contributed by atoms with Gasteiger partial charge in [0.05, 0.1) is 11.5 Å². The zero-order valence-corrected chi connectivity index (χ0v) is 15.4. The van der Waals surface area contributed by atoms with E-state index < -0.39 is 10.0 Å². The largest absolute Gasteiger partial charge is 0.383 e. The summed E-state index contributed by atoms with van der Waals surface area (Å²) in [6.07, 6.45) is 3.84. The van der Waals surface area contributed by atoms with Gasteiger partial charge in [0.15, 0.2) is 0 Å². The van der Waals surface area contributed by atoms with Crippen molar-refractivity contribution in [2.45, 2.75) is 36.6 Å². The second-order valence-corrected chi connectivity index (χ2v) is 7.84. The normalized spacial score (nSPS) is 15.4. The van der Waals surface area contributed by atoms with Crippen molar-refractivity contribution in [2.24, 2.45) is 0 Å². The van der Waals surface area contributed by atoms with Crippen LogP contribution in [-0.2, 0) is 14.8 Å². The minimum absolute atomic E-state index is 0.000609. The van der Waals surface area contributed by atoms with Crippen LogP contribution in [0.4, 0.5) is 0 Å². The van der Waals surface area contributed by atoms with Crippen molar-refractivity contribution in [3.63, 3.8) is 0 Å². The molecule has 0 saturated heterocycles. The van der Waals surface area contributed by atoms with Crippen LogP contribution < -0.4 is 15.4 Å². The minimum atomic E-state index is -3.59. The van der Waals surface area contributed by atoms with Crippen LogP contribution in [0.5, 0.6) is 0 Å². The summed E-state index contributed by atoms with van der Waals surface area (Å²) in [5, 5.41) is 5.89. The molecule has 25 heavy (non-hydrogen) atoms. The standard InChI is InChI=1S/C17H27N3O4S/c1-24-12-11-18-9-10-19-17(21)14-5-4-8-16(13-14)25(22,23)20-15-6-2-3-7-15/h4-5,8,13,15,18,20H,2-3,6-7,9-12H2,1H3,(H,19,21). The number of carbonyl (C=O) groups excluding carboxylic acids is 1. The van der Waals surface area contributed by atoms with Gasteiger partial charge in [0.2, 0.25) is 10.0 Å². The molecule has 0 aromatic heterocycles. The van der Waals surface area contributed by atoms with Crippen LogP contribution in [0.2, 0.25) is 0 Å². The average Bonchev–Trinajstić information content (AvgIpc) is 3.10. The fourth-order valence-corrected chi connectivity index (χ4v) is 4.15. The molecule has 2 rings (SSSR count). The summed E-state index contributed by atoms with van der Waals surface area (Å²) in [6, 6.07) is 6.14. The van der Waals surface area contributed by atoms with E-state index in [1.54, 1.807) is 19.2 Å². The van der Waals surface area contributed by atoms with Crippen molar-refractivity contribution in [1.82, 2.24) is 15.4 Å². The summed E-state index contributed by atoms with van der Waals surface area (Å²) >= 11 is 0. The number of sulfonamides is 1. The van der Waals surface area contributed by atoms with E-state index in [1.165, 1.54) is 12.1 Å². The van der Waals surface area contributed by atoms with Gasteiger partial charge in [-0.15, -0.1) is 0 Å². The summed E-state index contributed by atoms with van der Waals surface area (Å²) in [5.74, 6) is -0.286. The molecule has 1 fully saturated rings. The highest BCUT2D eigenvalue weighted by Gasteiger charge is 2.23. The molecule has 1 aliphatic rings. The van der Waals surface area contributed by atoms with Crippen LogP contribution >= 0.6 is 0 Å². The zero-order valence-electron chi connectivity index (χ0n) is 14.6. The van der Waals surface area contributed by atoms with Crippen molar-refractivity contribution in [3.8, 4) is 0 Å². The maximum atomic E-state index is 12.5. The first-order valence-electron chi connectivity index (χ1n) is 8.63. The van der Waals surface area contributed by atoms with E-state index in [1.807, 2.05) is 0 Å². The van der Waals surface area contributed by atoms with Gasteiger partial charge in [0.1, 0.15) is 0 Å². The number of carbonyl (C=O) groups is 1. The van der Waals surface area contributed by atoms with Crippen LogP contribution in [0.1, 0.15) is 36.0 Å². The van der Waals surface area contributed by atoms with Crippen molar-refractivity contribution >= 4 is 15.9 Å². The summed E-state index contributed by atoms with van der Waals surface area (Å²) in [6.45, 7) is 2.41. The van der Waals surface area contributed by atoms with Gasteiger partial charge in [0, 0.05) is 38.3 Å². The lowest BCUT2D eigenvalue weighted by Crippen LogP contribution is -2.34. The number of ether oxygens (including phenoxy) is 1. The topological polar surface area (TPSA) is 96.5 Å². The maximum Gasteiger partial charge on any atom is 0.251 e. The van der Waals surface area contributed by atoms with E-state index in [2.05, 4.69) is 15.4 Å². The van der Waals surface area contributed by atoms with E-state index in [-0.39, 0.29) is 16.8 Å². The van der Waals surface area contributed by atoms with E-state index >= 15 is 0 Å². The van der Waals surface area contributed by atoms with Gasteiger partial charge in [0.25, 0.3) is 5.91 Å². The second-order valence-electron chi connectivity index (χ2n) is 6.13. The zero-order chi connectivity index (χ0) is 18.1. The molecule has 8 heteroatoms. The molecule has 0 radical (unpaired) electrons. The number of amides is 1. The number of benzene rings is 1. The van der Waals surface area contributed by atoms with Gasteiger partial charge in [-0.25, -0.2) is 13.1 Å². The Kier molecular flexibility index (Phi) is 7.83. The molecule has 3 N–H and O–H groups in total. The number of hydrogen-bond donors (Lipinski definition) is 3. The summed E-state index contributed by atoms with van der Waals surface area (Å²) in [7, 11) is -1.96. The van der Waals surface area contributed by atoms with Gasteiger partial charge in [-0.2, -0.15) is 0 Å². The molecule has 1 amide bonds. The number of rotatable bonds is 10. The van der Waals surface area contributed by atoms with Crippen molar-refractivity contribution in [2.75, 3.05) is 33.4 Å². The number of methoxy groups -OCH3 is 1. The Balaban J connectivity index is 1.89. The quantitative estimate of drug-likeness (QED) is 0.532. The van der Waals surface area contributed by atoms with Gasteiger partial charge in [-0.1, -0.05) is 18.9 Å². The molecule has 1 aromatic carbocycles. The molecule has 1 saturated carbocycles. The molecule has 140 valence electrons. The fourth-order valence-electron chi connectivity index (χ4n) is 2.80. The molecule has 1 aliphatic carbocycles. The molecule has 7 nitrogen and oxygen atoms in total.